The summed E-state index contributed by atoms with van der Waals surface area (Å²) in [5.74, 6) is -6.21. The van der Waals surface area contributed by atoms with Crippen molar-refractivity contribution in [3.8, 4) is 12.3 Å². The van der Waals surface area contributed by atoms with Gasteiger partial charge in [-0.2, -0.15) is 0 Å². The van der Waals surface area contributed by atoms with Crippen LogP contribution in [-0.2, 0) is 57.4 Å². The van der Waals surface area contributed by atoms with Crippen molar-refractivity contribution >= 4 is 59.1 Å². The summed E-state index contributed by atoms with van der Waals surface area (Å²) in [5, 5.41) is 15.4. The molecule has 19 nitrogen and oxygen atoms in total. The van der Waals surface area contributed by atoms with E-state index >= 15 is 0 Å². The lowest BCUT2D eigenvalue weighted by Gasteiger charge is -2.33. The molecule has 1 saturated heterocycles. The van der Waals surface area contributed by atoms with Gasteiger partial charge in [0.25, 0.3) is 5.91 Å². The fraction of sp³-hybridized carbons (Fsp3) is 0.727. The van der Waals surface area contributed by atoms with E-state index in [1.165, 1.54) is 11.8 Å². The quantitative estimate of drug-likeness (QED) is 0.0479. The first-order valence-electron chi connectivity index (χ1n) is 21.6. The van der Waals surface area contributed by atoms with Crippen LogP contribution in [0.4, 0.5) is 0 Å². The maximum Gasteiger partial charge on any atom is 0.306 e. The SMILES string of the molecule is C#CCNC(=O)C(=O)C(CCC)NC(=O)C1CCCN1C(=O)C(NC(=O)C(NC(=O)C(CCC(=O)OC(C)(C)C)NC(=O)C(CCC(=O)OC(C)(C)C)NC(C)=O)C(C)C)C(C)C. The zero-order chi connectivity index (χ0) is 48.4. The second kappa shape index (κ2) is 25.5. The van der Waals surface area contributed by atoms with Crippen LogP contribution in [0.2, 0.25) is 0 Å². The number of carbonyl (C=O) groups excluding carboxylic acids is 10. The van der Waals surface area contributed by atoms with Gasteiger partial charge in [-0.3, -0.25) is 47.9 Å². The number of carbonyl (C=O) groups is 10. The Labute approximate surface area is 371 Å². The lowest BCUT2D eigenvalue weighted by atomic mass is 9.98. The van der Waals surface area contributed by atoms with E-state index in [0.29, 0.717) is 12.8 Å². The molecule has 1 rings (SSSR count). The summed E-state index contributed by atoms with van der Waals surface area (Å²) in [7, 11) is 0. The van der Waals surface area contributed by atoms with E-state index in [0.717, 1.165) is 0 Å². The van der Waals surface area contributed by atoms with Crippen LogP contribution in [0, 0.1) is 24.2 Å². The number of nitrogens with one attached hydrogen (secondary N) is 6. The van der Waals surface area contributed by atoms with Crippen LogP contribution in [0.15, 0.2) is 0 Å². The van der Waals surface area contributed by atoms with E-state index in [1.807, 2.05) is 0 Å². The number of ether oxygens (including phenoxy) is 2. The van der Waals surface area contributed by atoms with Gasteiger partial charge in [0.05, 0.1) is 12.6 Å². The Kier molecular flexibility index (Phi) is 22.5. The molecule has 354 valence electrons. The van der Waals surface area contributed by atoms with Gasteiger partial charge in [-0.15, -0.1) is 6.42 Å². The molecule has 1 heterocycles. The largest absolute Gasteiger partial charge is 0.460 e. The lowest BCUT2D eigenvalue weighted by molar-refractivity contribution is -0.156. The molecule has 0 aromatic heterocycles. The van der Waals surface area contributed by atoms with Crippen molar-refractivity contribution in [2.75, 3.05) is 13.1 Å². The number of terminal acetylenes is 1. The van der Waals surface area contributed by atoms with E-state index < -0.39 is 118 Å². The number of likely N-dealkylation sites (tertiary alicyclic amines) is 1. The molecule has 6 atom stereocenters. The van der Waals surface area contributed by atoms with Crippen molar-refractivity contribution in [1.29, 1.82) is 0 Å². The molecule has 0 bridgehead atoms. The molecule has 0 saturated carbocycles. The highest BCUT2D eigenvalue weighted by Crippen LogP contribution is 2.22. The number of ketones is 1. The highest BCUT2D eigenvalue weighted by molar-refractivity contribution is 6.38. The van der Waals surface area contributed by atoms with Crippen molar-refractivity contribution in [1.82, 2.24) is 36.8 Å². The molecule has 63 heavy (non-hydrogen) atoms. The number of Topliss-reactive ketones (excluding diaryl/α,β-unsaturated/α-hetero) is 1. The molecule has 1 aliphatic rings. The van der Waals surface area contributed by atoms with Crippen LogP contribution >= 0.6 is 0 Å². The molecule has 6 N–H and O–H groups in total. The first-order valence-corrected chi connectivity index (χ1v) is 21.6. The Hall–Kier alpha value is -5.54. The van der Waals surface area contributed by atoms with Gasteiger partial charge < -0.3 is 46.3 Å². The Morgan fingerprint density at radius 1 is 0.683 bits per heavy atom. The first kappa shape index (κ1) is 55.5. The van der Waals surface area contributed by atoms with Gasteiger partial charge in [0.1, 0.15) is 41.4 Å². The molecule has 0 aromatic rings. The number of hydrogen-bond donors (Lipinski definition) is 6. The van der Waals surface area contributed by atoms with E-state index in [2.05, 4.69) is 37.8 Å². The van der Waals surface area contributed by atoms with Crippen LogP contribution in [-0.4, -0.2) is 125 Å². The van der Waals surface area contributed by atoms with Crippen molar-refractivity contribution in [3.05, 3.63) is 0 Å². The van der Waals surface area contributed by atoms with Gasteiger partial charge in [0.2, 0.25) is 41.2 Å². The minimum atomic E-state index is -1.44. The summed E-state index contributed by atoms with van der Waals surface area (Å²) in [6.45, 7) is 19.7. The minimum Gasteiger partial charge on any atom is -0.460 e. The number of rotatable bonds is 23. The molecule has 1 fully saturated rings. The van der Waals surface area contributed by atoms with Gasteiger partial charge in [0, 0.05) is 26.3 Å². The molecule has 1 aliphatic heterocycles. The zero-order valence-electron chi connectivity index (χ0n) is 39.1. The molecule has 0 aliphatic carbocycles. The monoisotopic (exact) mass is 890 g/mol. The second-order valence-electron chi connectivity index (χ2n) is 18.3. The summed E-state index contributed by atoms with van der Waals surface area (Å²) in [6, 6.07) is -7.31. The molecule has 7 amide bonds. The number of nitrogens with zero attached hydrogens (tertiary/aromatic N) is 1. The summed E-state index contributed by atoms with van der Waals surface area (Å²) in [4.78, 5) is 133. The van der Waals surface area contributed by atoms with Crippen LogP contribution in [0.3, 0.4) is 0 Å². The lowest BCUT2D eigenvalue weighted by Crippen LogP contribution is -2.61. The standard InChI is InChI=1S/C44H71N7O12/c1-14-17-28(36(55)41(60)45-23-15-2)47-39(58)31-18-16-24-51(31)42(61)35(26(5)6)50-40(59)34(25(3)4)49-38(57)30(20-22-33(54)63-44(11,12)13)48-37(56)29(46-27(7)52)19-21-32(53)62-43(8,9)10/h2,25-26,28-31,34-35H,14,16-24H2,1,3-13H3,(H,45,60)(H,46,52)(H,47,58)(H,48,56)(H,49,57)(H,50,59). The topological polar surface area (TPSA) is 265 Å². The van der Waals surface area contributed by atoms with Crippen molar-refractivity contribution in [2.45, 2.75) is 182 Å². The summed E-state index contributed by atoms with van der Waals surface area (Å²) in [5.41, 5.74) is -1.65. The highest BCUT2D eigenvalue weighted by Gasteiger charge is 2.41. The number of esters is 2. The van der Waals surface area contributed by atoms with Crippen LogP contribution in [0.5, 0.6) is 0 Å². The van der Waals surface area contributed by atoms with Crippen molar-refractivity contribution < 1.29 is 57.4 Å². The third-order valence-electron chi connectivity index (χ3n) is 9.54. The van der Waals surface area contributed by atoms with E-state index in [-0.39, 0.29) is 51.6 Å². The van der Waals surface area contributed by atoms with Crippen molar-refractivity contribution in [2.24, 2.45) is 11.8 Å². The van der Waals surface area contributed by atoms with Crippen LogP contribution in [0.1, 0.15) is 134 Å². The maximum atomic E-state index is 14.1. The Morgan fingerprint density at radius 3 is 1.63 bits per heavy atom. The van der Waals surface area contributed by atoms with Crippen molar-refractivity contribution in [3.63, 3.8) is 0 Å². The fourth-order valence-corrected chi connectivity index (χ4v) is 6.59. The van der Waals surface area contributed by atoms with E-state index in [1.54, 1.807) is 76.2 Å². The second-order valence-corrected chi connectivity index (χ2v) is 18.3. The van der Waals surface area contributed by atoms with Gasteiger partial charge in [-0.05, 0) is 85.5 Å². The Bertz CT molecular complexity index is 1710. The number of hydrogen-bond acceptors (Lipinski definition) is 12. The third-order valence-corrected chi connectivity index (χ3v) is 9.54. The van der Waals surface area contributed by atoms with Gasteiger partial charge in [-0.25, -0.2) is 0 Å². The predicted octanol–water partition coefficient (Wildman–Crippen LogP) is 1.10. The molecule has 0 aromatic carbocycles. The average Bonchev–Trinajstić information content (AvgIpc) is 3.66. The normalized spacial score (nSPS) is 16.3. The Morgan fingerprint density at radius 2 is 1.17 bits per heavy atom. The average molecular weight is 890 g/mol. The number of amides is 7. The minimum absolute atomic E-state index is 0.164. The third kappa shape index (κ3) is 20.0. The predicted molar refractivity (Wildman–Crippen MR) is 232 cm³/mol. The molecular weight excluding hydrogens is 819 g/mol. The van der Waals surface area contributed by atoms with Gasteiger partial charge in [-0.1, -0.05) is 47.0 Å². The van der Waals surface area contributed by atoms with Gasteiger partial charge >= 0.3 is 11.9 Å². The molecular formula is C44H71N7O12. The molecule has 19 heteroatoms. The summed E-state index contributed by atoms with van der Waals surface area (Å²) >= 11 is 0. The van der Waals surface area contributed by atoms with Crippen LogP contribution in [0.25, 0.3) is 0 Å². The molecule has 0 spiro atoms. The smallest absolute Gasteiger partial charge is 0.306 e. The van der Waals surface area contributed by atoms with E-state index in [9.17, 15) is 47.9 Å². The van der Waals surface area contributed by atoms with Crippen LogP contribution < -0.4 is 31.9 Å². The highest BCUT2D eigenvalue weighted by atomic mass is 16.6. The summed E-state index contributed by atoms with van der Waals surface area (Å²) in [6.07, 6.45) is 5.50. The Balaban J connectivity index is 3.35. The fourth-order valence-electron chi connectivity index (χ4n) is 6.59. The van der Waals surface area contributed by atoms with E-state index in [4.69, 9.17) is 15.9 Å². The maximum absolute atomic E-state index is 14.1. The van der Waals surface area contributed by atoms with Gasteiger partial charge in [0.15, 0.2) is 0 Å². The summed E-state index contributed by atoms with van der Waals surface area (Å²) < 4.78 is 10.7. The zero-order valence-corrected chi connectivity index (χ0v) is 39.1. The molecule has 6 unspecified atom stereocenters. The first-order chi connectivity index (χ1) is 29.1. The molecule has 0 radical (unpaired) electrons.